The topological polar surface area (TPSA) is 87.5 Å². The van der Waals surface area contributed by atoms with E-state index < -0.39 is 0 Å². The highest BCUT2D eigenvalue weighted by Gasteiger charge is 2.37. The number of hydrogen-bond donors (Lipinski definition) is 2. The largest absolute Gasteiger partial charge is 0.444 e. The molecule has 144 valence electrons. The molecule has 27 heavy (non-hydrogen) atoms. The van der Waals surface area contributed by atoms with E-state index in [1.807, 2.05) is 44.2 Å². The molecule has 2 atom stereocenters. The highest BCUT2D eigenvalue weighted by molar-refractivity contribution is 5.82. The first-order valence-electron chi connectivity index (χ1n) is 9.41. The second kappa shape index (κ2) is 8.81. The van der Waals surface area contributed by atoms with Crippen LogP contribution in [0.4, 0.5) is 0 Å². The summed E-state index contributed by atoms with van der Waals surface area (Å²) in [6, 6.07) is 9.38. The number of nitrogens with one attached hydrogen (secondary N) is 2. The Bertz CT molecular complexity index is 775. The van der Waals surface area contributed by atoms with Gasteiger partial charge in [0.1, 0.15) is 6.26 Å². The van der Waals surface area contributed by atoms with E-state index in [1.54, 1.807) is 6.26 Å². The normalized spacial score (nSPS) is 19.8. The molecule has 1 aromatic carbocycles. The molecule has 2 aromatic rings. The van der Waals surface area contributed by atoms with Crippen LogP contribution in [0.3, 0.4) is 0 Å². The molecule has 0 bridgehead atoms. The lowest BCUT2D eigenvalue weighted by atomic mass is 10.1. The van der Waals surface area contributed by atoms with Crippen LogP contribution in [0.25, 0.3) is 11.5 Å². The Hall–Kier alpha value is -2.67. The second-order valence-corrected chi connectivity index (χ2v) is 6.70. The molecule has 2 heterocycles. The molecule has 0 saturated carbocycles. The number of hydrogen-bond acceptors (Lipinski definition) is 5. The number of nitrogens with zero attached hydrogens (tertiary/aromatic N) is 2. The highest BCUT2D eigenvalue weighted by atomic mass is 16.3. The van der Waals surface area contributed by atoms with Crippen molar-refractivity contribution in [3.05, 3.63) is 42.3 Å². The summed E-state index contributed by atoms with van der Waals surface area (Å²) in [5.41, 5.74) is 1.68. The molecule has 1 fully saturated rings. The monoisotopic (exact) mass is 370 g/mol. The molecule has 3 rings (SSSR count). The number of carbonyl (C=O) groups excluding carboxylic acids is 2. The molecule has 7 heteroatoms. The third-order valence-electron chi connectivity index (χ3n) is 4.68. The van der Waals surface area contributed by atoms with Crippen LogP contribution >= 0.6 is 0 Å². The minimum atomic E-state index is -0.288. The van der Waals surface area contributed by atoms with Gasteiger partial charge in [0.2, 0.25) is 17.7 Å². The molecule has 1 aliphatic heterocycles. The molecule has 0 unspecified atom stereocenters. The average molecular weight is 370 g/mol. The van der Waals surface area contributed by atoms with Crippen LogP contribution in [-0.2, 0) is 16.1 Å². The van der Waals surface area contributed by atoms with Gasteiger partial charge in [-0.25, -0.2) is 4.98 Å². The Balaban J connectivity index is 1.71. The van der Waals surface area contributed by atoms with Crippen LogP contribution in [0.15, 0.2) is 41.0 Å². The van der Waals surface area contributed by atoms with E-state index in [-0.39, 0.29) is 23.9 Å². The maximum absolute atomic E-state index is 12.5. The van der Waals surface area contributed by atoms with Crippen molar-refractivity contribution >= 4 is 11.8 Å². The van der Waals surface area contributed by atoms with Gasteiger partial charge in [0.15, 0.2) is 0 Å². The molecular weight excluding hydrogens is 344 g/mol. The third kappa shape index (κ3) is 4.74. The SMILES string of the molecule is CCNC(=O)[C@@H]1C[C@H](NC(=O)CC)CN1Cc1coc(-c2ccccc2)n1. The van der Waals surface area contributed by atoms with Gasteiger partial charge in [-0.3, -0.25) is 14.5 Å². The van der Waals surface area contributed by atoms with Crippen LogP contribution in [0, 0.1) is 0 Å². The van der Waals surface area contributed by atoms with Crippen LogP contribution in [0.5, 0.6) is 0 Å². The standard InChI is InChI=1S/C20H26N4O3/c1-3-18(25)22-15-10-17(19(26)21-4-2)24(11-15)12-16-13-27-20(23-16)14-8-6-5-7-9-14/h5-9,13,15,17H,3-4,10-12H2,1-2H3,(H,21,26)(H,22,25)/t15-,17-/m0/s1. The van der Waals surface area contributed by atoms with E-state index in [4.69, 9.17) is 4.42 Å². The van der Waals surface area contributed by atoms with Crippen LogP contribution in [0.2, 0.25) is 0 Å². The second-order valence-electron chi connectivity index (χ2n) is 6.70. The molecule has 2 N–H and O–H groups in total. The van der Waals surface area contributed by atoms with Crippen LogP contribution in [0.1, 0.15) is 32.4 Å². The number of rotatable bonds is 7. The molecule has 0 aliphatic carbocycles. The number of carbonyl (C=O) groups is 2. The first-order chi connectivity index (χ1) is 13.1. The summed E-state index contributed by atoms with van der Waals surface area (Å²) < 4.78 is 5.60. The van der Waals surface area contributed by atoms with Crippen molar-refractivity contribution < 1.29 is 14.0 Å². The van der Waals surface area contributed by atoms with Gasteiger partial charge < -0.3 is 15.1 Å². The first kappa shape index (κ1) is 19.1. The van der Waals surface area contributed by atoms with Crippen LogP contribution < -0.4 is 10.6 Å². The maximum atomic E-state index is 12.5. The lowest BCUT2D eigenvalue weighted by Gasteiger charge is -2.22. The van der Waals surface area contributed by atoms with E-state index >= 15 is 0 Å². The lowest BCUT2D eigenvalue weighted by Crippen LogP contribution is -2.42. The van der Waals surface area contributed by atoms with E-state index in [9.17, 15) is 9.59 Å². The van der Waals surface area contributed by atoms with Gasteiger partial charge in [0.05, 0.1) is 11.7 Å². The van der Waals surface area contributed by atoms with Crippen molar-refractivity contribution in [2.24, 2.45) is 0 Å². The molecule has 2 amide bonds. The summed E-state index contributed by atoms with van der Waals surface area (Å²) in [6.07, 6.45) is 2.67. The Morgan fingerprint density at radius 2 is 2.04 bits per heavy atom. The van der Waals surface area contributed by atoms with Crippen molar-refractivity contribution in [3.8, 4) is 11.5 Å². The molecule has 7 nitrogen and oxygen atoms in total. The van der Waals surface area contributed by atoms with Gasteiger partial charge in [-0.15, -0.1) is 0 Å². The summed E-state index contributed by atoms with van der Waals surface area (Å²) in [5.74, 6) is 0.553. The number of oxazole rings is 1. The predicted octanol–water partition coefficient (Wildman–Crippen LogP) is 1.95. The fourth-order valence-electron chi connectivity index (χ4n) is 3.38. The predicted molar refractivity (Wildman–Crippen MR) is 102 cm³/mol. The average Bonchev–Trinajstić information content (AvgIpc) is 3.30. The molecule has 1 aromatic heterocycles. The van der Waals surface area contributed by atoms with E-state index in [2.05, 4.69) is 20.5 Å². The van der Waals surface area contributed by atoms with Gasteiger partial charge >= 0.3 is 0 Å². The van der Waals surface area contributed by atoms with Crippen molar-refractivity contribution in [3.63, 3.8) is 0 Å². The Morgan fingerprint density at radius 1 is 1.26 bits per heavy atom. The van der Waals surface area contributed by atoms with Crippen molar-refractivity contribution in [1.29, 1.82) is 0 Å². The minimum absolute atomic E-state index is 0.00398. The maximum Gasteiger partial charge on any atom is 0.237 e. The minimum Gasteiger partial charge on any atom is -0.444 e. The fraction of sp³-hybridized carbons (Fsp3) is 0.450. The molecule has 0 radical (unpaired) electrons. The van der Waals surface area contributed by atoms with Gasteiger partial charge in [0, 0.05) is 37.7 Å². The molecule has 1 aliphatic rings. The Kier molecular flexibility index (Phi) is 6.24. The van der Waals surface area contributed by atoms with Crippen molar-refractivity contribution in [1.82, 2.24) is 20.5 Å². The zero-order valence-corrected chi connectivity index (χ0v) is 15.8. The molecular formula is C20H26N4O3. The van der Waals surface area contributed by atoms with Gasteiger partial charge in [0.25, 0.3) is 0 Å². The summed E-state index contributed by atoms with van der Waals surface area (Å²) in [6.45, 7) is 5.41. The fourth-order valence-corrected chi connectivity index (χ4v) is 3.38. The Labute approximate surface area is 159 Å². The van der Waals surface area contributed by atoms with E-state index in [0.29, 0.717) is 38.4 Å². The number of likely N-dealkylation sites (tertiary alicyclic amines) is 1. The van der Waals surface area contributed by atoms with Crippen LogP contribution in [-0.4, -0.2) is 46.9 Å². The summed E-state index contributed by atoms with van der Waals surface area (Å²) in [5, 5.41) is 5.88. The molecule has 0 spiro atoms. The van der Waals surface area contributed by atoms with Crippen molar-refractivity contribution in [2.75, 3.05) is 13.1 Å². The zero-order chi connectivity index (χ0) is 19.2. The first-order valence-corrected chi connectivity index (χ1v) is 9.41. The number of likely N-dealkylation sites (N-methyl/N-ethyl adjacent to an activating group) is 1. The summed E-state index contributed by atoms with van der Waals surface area (Å²) in [4.78, 5) is 30.8. The van der Waals surface area contributed by atoms with Gasteiger partial charge in [-0.05, 0) is 25.5 Å². The van der Waals surface area contributed by atoms with Gasteiger partial charge in [-0.1, -0.05) is 25.1 Å². The quantitative estimate of drug-likeness (QED) is 0.778. The molecule has 1 saturated heterocycles. The smallest absolute Gasteiger partial charge is 0.237 e. The third-order valence-corrected chi connectivity index (χ3v) is 4.68. The van der Waals surface area contributed by atoms with Crippen molar-refractivity contribution in [2.45, 2.75) is 45.3 Å². The Morgan fingerprint density at radius 3 is 2.74 bits per heavy atom. The highest BCUT2D eigenvalue weighted by Crippen LogP contribution is 2.23. The van der Waals surface area contributed by atoms with E-state index in [0.717, 1.165) is 11.3 Å². The number of aromatic nitrogens is 1. The van der Waals surface area contributed by atoms with Gasteiger partial charge in [-0.2, -0.15) is 0 Å². The summed E-state index contributed by atoms with van der Waals surface area (Å²) in [7, 11) is 0. The number of amides is 2. The summed E-state index contributed by atoms with van der Waals surface area (Å²) >= 11 is 0. The zero-order valence-electron chi connectivity index (χ0n) is 15.8. The van der Waals surface area contributed by atoms with E-state index in [1.165, 1.54) is 0 Å². The lowest BCUT2D eigenvalue weighted by molar-refractivity contribution is -0.125. The number of benzene rings is 1.